The van der Waals surface area contributed by atoms with Gasteiger partial charge in [-0.05, 0) is 35.6 Å². The molecule has 0 saturated heterocycles. The lowest BCUT2D eigenvalue weighted by atomic mass is 9.99. The second-order valence-corrected chi connectivity index (χ2v) is 4.72. The van der Waals surface area contributed by atoms with Gasteiger partial charge in [0.1, 0.15) is 11.8 Å². The van der Waals surface area contributed by atoms with Crippen LogP contribution in [0.25, 0.3) is 0 Å². The summed E-state index contributed by atoms with van der Waals surface area (Å²) in [5, 5.41) is 0. The van der Waals surface area contributed by atoms with Crippen molar-refractivity contribution in [1.29, 1.82) is 0 Å². The molecule has 0 amide bonds. The Hall–Kier alpha value is -1.36. The van der Waals surface area contributed by atoms with E-state index in [1.54, 1.807) is 0 Å². The lowest BCUT2D eigenvalue weighted by Gasteiger charge is -2.23. The molecule has 0 radical (unpaired) electrons. The third-order valence-electron chi connectivity index (χ3n) is 3.49. The van der Waals surface area contributed by atoms with Crippen molar-refractivity contribution < 1.29 is 9.47 Å². The van der Waals surface area contributed by atoms with Crippen LogP contribution in [0.1, 0.15) is 35.6 Å². The van der Waals surface area contributed by atoms with Crippen LogP contribution in [0.15, 0.2) is 30.0 Å². The van der Waals surface area contributed by atoms with Crippen LogP contribution in [-0.2, 0) is 22.7 Å². The van der Waals surface area contributed by atoms with Crippen LogP contribution in [0.4, 0.5) is 0 Å². The first kappa shape index (κ1) is 11.7. The molecule has 18 heavy (non-hydrogen) atoms. The highest BCUT2D eigenvalue weighted by Gasteiger charge is 2.21. The third-order valence-corrected chi connectivity index (χ3v) is 3.49. The van der Waals surface area contributed by atoms with Gasteiger partial charge in [0.15, 0.2) is 0 Å². The fourth-order valence-corrected chi connectivity index (χ4v) is 2.49. The van der Waals surface area contributed by atoms with Gasteiger partial charge < -0.3 is 9.47 Å². The molecule has 2 aliphatic heterocycles. The standard InChI is InChI=1S/C14H18N2O2/c15-16-14(13-3-1-2-6-18-13)10-4-5-11-8-17-9-12(11)7-10/h3-5,7,14,16H,1-2,6,8-9,15H2. The minimum Gasteiger partial charge on any atom is -0.496 e. The predicted molar refractivity (Wildman–Crippen MR) is 68.3 cm³/mol. The highest BCUT2D eigenvalue weighted by atomic mass is 16.5. The molecule has 96 valence electrons. The number of allylic oxidation sites excluding steroid dienone is 1. The Morgan fingerprint density at radius 1 is 1.22 bits per heavy atom. The Kier molecular flexibility index (Phi) is 3.32. The minimum atomic E-state index is -0.0591. The summed E-state index contributed by atoms with van der Waals surface area (Å²) < 4.78 is 11.1. The van der Waals surface area contributed by atoms with Gasteiger partial charge >= 0.3 is 0 Å². The number of benzene rings is 1. The molecular weight excluding hydrogens is 228 g/mol. The zero-order chi connectivity index (χ0) is 12.4. The maximum atomic E-state index is 5.69. The molecule has 1 atom stereocenters. The van der Waals surface area contributed by atoms with E-state index in [1.807, 2.05) is 0 Å². The predicted octanol–water partition coefficient (Wildman–Crippen LogP) is 1.92. The van der Waals surface area contributed by atoms with Crippen LogP contribution in [0.3, 0.4) is 0 Å². The van der Waals surface area contributed by atoms with E-state index in [9.17, 15) is 0 Å². The first-order valence-corrected chi connectivity index (χ1v) is 6.37. The maximum Gasteiger partial charge on any atom is 0.115 e. The number of rotatable bonds is 3. The Morgan fingerprint density at radius 2 is 2.11 bits per heavy atom. The fourth-order valence-electron chi connectivity index (χ4n) is 2.49. The fraction of sp³-hybridized carbons (Fsp3) is 0.429. The van der Waals surface area contributed by atoms with Crippen molar-refractivity contribution in [2.45, 2.75) is 32.1 Å². The van der Waals surface area contributed by atoms with Gasteiger partial charge in [-0.2, -0.15) is 0 Å². The lowest BCUT2D eigenvalue weighted by molar-refractivity contribution is 0.134. The zero-order valence-electron chi connectivity index (χ0n) is 10.3. The van der Waals surface area contributed by atoms with Crippen molar-refractivity contribution in [2.75, 3.05) is 6.61 Å². The molecule has 0 spiro atoms. The molecule has 0 aromatic heterocycles. The summed E-state index contributed by atoms with van der Waals surface area (Å²) >= 11 is 0. The first-order valence-electron chi connectivity index (χ1n) is 6.37. The highest BCUT2D eigenvalue weighted by molar-refractivity contribution is 5.37. The molecule has 0 fully saturated rings. The highest BCUT2D eigenvalue weighted by Crippen LogP contribution is 2.29. The molecule has 1 unspecified atom stereocenters. The molecule has 2 heterocycles. The van der Waals surface area contributed by atoms with Gasteiger partial charge in [0.25, 0.3) is 0 Å². The molecule has 3 rings (SSSR count). The van der Waals surface area contributed by atoms with Gasteiger partial charge in [-0.25, -0.2) is 5.43 Å². The Morgan fingerprint density at radius 3 is 2.89 bits per heavy atom. The van der Waals surface area contributed by atoms with Crippen LogP contribution in [0.2, 0.25) is 0 Å². The van der Waals surface area contributed by atoms with Crippen molar-refractivity contribution in [3.63, 3.8) is 0 Å². The quantitative estimate of drug-likeness (QED) is 0.632. The number of hydrazine groups is 1. The van der Waals surface area contributed by atoms with Gasteiger partial charge in [-0.15, -0.1) is 0 Å². The smallest absolute Gasteiger partial charge is 0.115 e. The molecule has 1 aromatic rings. The topological polar surface area (TPSA) is 56.5 Å². The molecule has 0 saturated carbocycles. The molecular formula is C14H18N2O2. The second kappa shape index (κ2) is 5.10. The van der Waals surface area contributed by atoms with Gasteiger partial charge in [-0.3, -0.25) is 5.84 Å². The molecule has 4 nitrogen and oxygen atoms in total. The number of hydrogen-bond donors (Lipinski definition) is 2. The van der Waals surface area contributed by atoms with Gasteiger partial charge in [0, 0.05) is 0 Å². The van der Waals surface area contributed by atoms with Gasteiger partial charge in [0.2, 0.25) is 0 Å². The van der Waals surface area contributed by atoms with Crippen LogP contribution in [-0.4, -0.2) is 6.61 Å². The Labute approximate surface area is 107 Å². The number of nitrogens with two attached hydrogens (primary N) is 1. The summed E-state index contributed by atoms with van der Waals surface area (Å²) in [6.07, 6.45) is 4.26. The van der Waals surface area contributed by atoms with Crippen molar-refractivity contribution in [1.82, 2.24) is 5.43 Å². The average Bonchev–Trinajstić information content (AvgIpc) is 2.88. The molecule has 2 aliphatic rings. The van der Waals surface area contributed by atoms with Crippen LogP contribution >= 0.6 is 0 Å². The average molecular weight is 246 g/mol. The minimum absolute atomic E-state index is 0.0591. The number of fused-ring (bicyclic) bond motifs is 1. The summed E-state index contributed by atoms with van der Waals surface area (Å²) in [7, 11) is 0. The largest absolute Gasteiger partial charge is 0.496 e. The van der Waals surface area contributed by atoms with Crippen molar-refractivity contribution in [3.05, 3.63) is 46.7 Å². The number of hydrogen-bond acceptors (Lipinski definition) is 4. The third kappa shape index (κ3) is 2.14. The zero-order valence-corrected chi connectivity index (χ0v) is 10.3. The maximum absolute atomic E-state index is 5.69. The van der Waals surface area contributed by atoms with E-state index < -0.39 is 0 Å². The monoisotopic (exact) mass is 246 g/mol. The van der Waals surface area contributed by atoms with Crippen molar-refractivity contribution in [2.24, 2.45) is 5.84 Å². The van der Waals surface area contributed by atoms with Crippen LogP contribution in [0, 0.1) is 0 Å². The van der Waals surface area contributed by atoms with Crippen molar-refractivity contribution >= 4 is 0 Å². The van der Waals surface area contributed by atoms with E-state index in [0.717, 1.165) is 37.4 Å². The summed E-state index contributed by atoms with van der Waals surface area (Å²) in [4.78, 5) is 0. The first-order chi connectivity index (χ1) is 8.88. The molecule has 4 heteroatoms. The molecule has 0 bridgehead atoms. The summed E-state index contributed by atoms with van der Waals surface area (Å²) in [5.74, 6) is 6.61. The molecule has 3 N–H and O–H groups in total. The number of nitrogens with one attached hydrogen (secondary N) is 1. The van der Waals surface area contributed by atoms with E-state index in [-0.39, 0.29) is 6.04 Å². The van der Waals surface area contributed by atoms with E-state index in [2.05, 4.69) is 29.7 Å². The van der Waals surface area contributed by atoms with Gasteiger partial charge in [0.05, 0.1) is 19.8 Å². The van der Waals surface area contributed by atoms with E-state index in [1.165, 1.54) is 11.1 Å². The van der Waals surface area contributed by atoms with Crippen LogP contribution in [0.5, 0.6) is 0 Å². The van der Waals surface area contributed by atoms with Crippen molar-refractivity contribution in [3.8, 4) is 0 Å². The molecule has 1 aromatic carbocycles. The summed E-state index contributed by atoms with van der Waals surface area (Å²) in [5.41, 5.74) is 6.50. The second-order valence-electron chi connectivity index (χ2n) is 4.72. The summed E-state index contributed by atoms with van der Waals surface area (Å²) in [6, 6.07) is 6.31. The van der Waals surface area contributed by atoms with Crippen LogP contribution < -0.4 is 11.3 Å². The lowest BCUT2D eigenvalue weighted by Crippen LogP contribution is -2.31. The Bertz CT molecular complexity index is 471. The van der Waals surface area contributed by atoms with E-state index in [4.69, 9.17) is 15.3 Å². The van der Waals surface area contributed by atoms with Gasteiger partial charge in [-0.1, -0.05) is 18.2 Å². The Balaban J connectivity index is 1.89. The van der Waals surface area contributed by atoms with E-state index >= 15 is 0 Å². The number of ether oxygens (including phenoxy) is 2. The molecule has 0 aliphatic carbocycles. The SMILES string of the molecule is NNC(C1=CCCCO1)c1ccc2c(c1)COC2. The normalized spacial score (nSPS) is 19.9. The van der Waals surface area contributed by atoms with E-state index in [0.29, 0.717) is 6.61 Å². The summed E-state index contributed by atoms with van der Waals surface area (Å²) in [6.45, 7) is 2.19.